The van der Waals surface area contributed by atoms with Crippen molar-refractivity contribution in [3.8, 4) is 0 Å². The van der Waals surface area contributed by atoms with Crippen LogP contribution in [0.2, 0.25) is 0 Å². The molecule has 1 heterocycles. The molecule has 0 aliphatic carbocycles. The fourth-order valence-electron chi connectivity index (χ4n) is 1.51. The Morgan fingerprint density at radius 1 is 1.15 bits per heavy atom. The Morgan fingerprint density at radius 2 is 1.77 bits per heavy atom. The van der Waals surface area contributed by atoms with Crippen LogP contribution in [0.4, 0.5) is 13.2 Å². The standard InChI is InChI=1S/C9H8F3N/c10-8-2-6-4-13-3-5(6)1-7(8)9(11)12/h1-2,9,13H,3-4H2. The van der Waals surface area contributed by atoms with Gasteiger partial charge in [-0.05, 0) is 23.3 Å². The van der Waals surface area contributed by atoms with Gasteiger partial charge in [0.25, 0.3) is 6.43 Å². The second kappa shape index (κ2) is 3.03. The van der Waals surface area contributed by atoms with Crippen molar-refractivity contribution in [2.24, 2.45) is 0 Å². The fraction of sp³-hybridized carbons (Fsp3) is 0.333. The van der Waals surface area contributed by atoms with E-state index in [9.17, 15) is 13.2 Å². The van der Waals surface area contributed by atoms with Crippen molar-refractivity contribution < 1.29 is 13.2 Å². The summed E-state index contributed by atoms with van der Waals surface area (Å²) in [5.41, 5.74) is 1.06. The van der Waals surface area contributed by atoms with Crippen LogP contribution in [0.25, 0.3) is 0 Å². The monoisotopic (exact) mass is 187 g/mol. The average molecular weight is 187 g/mol. The highest BCUT2D eigenvalue weighted by Gasteiger charge is 2.18. The highest BCUT2D eigenvalue weighted by molar-refractivity contribution is 5.36. The number of fused-ring (bicyclic) bond motifs is 1. The third-order valence-corrected chi connectivity index (χ3v) is 2.18. The zero-order valence-electron chi connectivity index (χ0n) is 6.78. The number of nitrogens with one attached hydrogen (secondary N) is 1. The maximum absolute atomic E-state index is 13.0. The van der Waals surface area contributed by atoms with Crippen molar-refractivity contribution in [2.45, 2.75) is 19.5 Å². The van der Waals surface area contributed by atoms with Gasteiger partial charge in [0.05, 0.1) is 5.56 Å². The lowest BCUT2D eigenvalue weighted by atomic mass is 10.1. The Hall–Kier alpha value is -1.03. The lowest BCUT2D eigenvalue weighted by molar-refractivity contribution is 0.146. The van der Waals surface area contributed by atoms with Crippen LogP contribution in [0, 0.1) is 5.82 Å². The molecule has 1 N–H and O–H groups in total. The van der Waals surface area contributed by atoms with Gasteiger partial charge in [0.2, 0.25) is 0 Å². The summed E-state index contributed by atoms with van der Waals surface area (Å²) in [6.45, 7) is 1.12. The molecule has 13 heavy (non-hydrogen) atoms. The van der Waals surface area contributed by atoms with E-state index in [1.807, 2.05) is 0 Å². The molecule has 0 unspecified atom stereocenters. The molecule has 1 aromatic rings. The molecule has 0 saturated carbocycles. The van der Waals surface area contributed by atoms with Crippen LogP contribution < -0.4 is 5.32 Å². The average Bonchev–Trinajstić information content (AvgIpc) is 2.48. The van der Waals surface area contributed by atoms with Crippen molar-refractivity contribution in [3.63, 3.8) is 0 Å². The molecule has 1 aliphatic heterocycles. The van der Waals surface area contributed by atoms with Gasteiger partial charge in [0.15, 0.2) is 0 Å². The molecule has 0 spiro atoms. The second-order valence-corrected chi connectivity index (χ2v) is 3.05. The van der Waals surface area contributed by atoms with Gasteiger partial charge in [0.1, 0.15) is 5.82 Å². The van der Waals surface area contributed by atoms with E-state index in [0.717, 1.165) is 11.1 Å². The predicted octanol–water partition coefficient (Wildman–Crippen LogP) is 2.37. The lowest BCUT2D eigenvalue weighted by Gasteiger charge is -2.04. The minimum absolute atomic E-state index is 0.498. The fourth-order valence-corrected chi connectivity index (χ4v) is 1.51. The summed E-state index contributed by atoms with van der Waals surface area (Å²) in [6, 6.07) is 2.44. The predicted molar refractivity (Wildman–Crippen MR) is 41.9 cm³/mol. The third-order valence-electron chi connectivity index (χ3n) is 2.18. The Labute approximate surface area is 73.6 Å². The molecule has 0 atom stereocenters. The zero-order valence-corrected chi connectivity index (χ0v) is 6.78. The van der Waals surface area contributed by atoms with Gasteiger partial charge in [-0.25, -0.2) is 13.2 Å². The molecule has 0 aromatic heterocycles. The van der Waals surface area contributed by atoms with Gasteiger partial charge in [-0.2, -0.15) is 0 Å². The summed E-state index contributed by atoms with van der Waals surface area (Å²) in [4.78, 5) is 0. The van der Waals surface area contributed by atoms with Crippen molar-refractivity contribution in [3.05, 3.63) is 34.6 Å². The number of hydrogen-bond donors (Lipinski definition) is 1. The minimum Gasteiger partial charge on any atom is -0.309 e. The first-order valence-electron chi connectivity index (χ1n) is 3.98. The highest BCUT2D eigenvalue weighted by Crippen LogP contribution is 2.27. The summed E-state index contributed by atoms with van der Waals surface area (Å²) in [5.74, 6) is -0.808. The van der Waals surface area contributed by atoms with Crippen LogP contribution in [-0.2, 0) is 13.1 Å². The van der Waals surface area contributed by atoms with Crippen LogP contribution in [0.5, 0.6) is 0 Å². The molecule has 1 aliphatic rings. The highest BCUT2D eigenvalue weighted by atomic mass is 19.3. The first-order chi connectivity index (χ1) is 6.18. The smallest absolute Gasteiger partial charge is 0.266 e. The van der Waals surface area contributed by atoms with E-state index in [1.165, 1.54) is 12.1 Å². The number of alkyl halides is 2. The van der Waals surface area contributed by atoms with Gasteiger partial charge in [-0.1, -0.05) is 0 Å². The Kier molecular flexibility index (Phi) is 2.00. The van der Waals surface area contributed by atoms with E-state index < -0.39 is 17.8 Å². The van der Waals surface area contributed by atoms with E-state index in [2.05, 4.69) is 5.32 Å². The van der Waals surface area contributed by atoms with Gasteiger partial charge in [-0.15, -0.1) is 0 Å². The molecule has 0 bridgehead atoms. The quantitative estimate of drug-likeness (QED) is 0.711. The van der Waals surface area contributed by atoms with Gasteiger partial charge in [0, 0.05) is 13.1 Å². The van der Waals surface area contributed by atoms with Crippen LogP contribution in [0.3, 0.4) is 0 Å². The van der Waals surface area contributed by atoms with Crippen LogP contribution in [0.1, 0.15) is 23.1 Å². The second-order valence-electron chi connectivity index (χ2n) is 3.05. The van der Waals surface area contributed by atoms with Crippen LogP contribution >= 0.6 is 0 Å². The Balaban J connectivity index is 2.49. The molecule has 0 saturated heterocycles. The first kappa shape index (κ1) is 8.56. The summed E-state index contributed by atoms with van der Waals surface area (Å²) in [6.07, 6.45) is -2.73. The molecule has 1 nitrogen and oxygen atoms in total. The number of rotatable bonds is 1. The minimum atomic E-state index is -2.73. The summed E-state index contributed by atoms with van der Waals surface area (Å²) >= 11 is 0. The van der Waals surface area contributed by atoms with Crippen molar-refractivity contribution in [1.82, 2.24) is 5.32 Å². The number of hydrogen-bond acceptors (Lipinski definition) is 1. The number of benzene rings is 1. The molecule has 1 aromatic carbocycles. The molecule has 4 heteroatoms. The van der Waals surface area contributed by atoms with E-state index in [4.69, 9.17) is 0 Å². The summed E-state index contributed by atoms with van der Waals surface area (Å²) < 4.78 is 37.5. The zero-order chi connectivity index (χ0) is 9.42. The maximum atomic E-state index is 13.0. The molecule has 70 valence electrons. The van der Waals surface area contributed by atoms with Gasteiger partial charge < -0.3 is 5.32 Å². The summed E-state index contributed by atoms with van der Waals surface area (Å²) in [5, 5.41) is 2.97. The normalized spacial score (nSPS) is 15.1. The molecular formula is C9H8F3N. The van der Waals surface area contributed by atoms with Crippen LogP contribution in [-0.4, -0.2) is 0 Å². The molecule has 0 amide bonds. The topological polar surface area (TPSA) is 12.0 Å². The van der Waals surface area contributed by atoms with Gasteiger partial charge in [-0.3, -0.25) is 0 Å². The largest absolute Gasteiger partial charge is 0.309 e. The SMILES string of the molecule is Fc1cc2c(cc1C(F)F)CNC2. The number of halogens is 3. The van der Waals surface area contributed by atoms with Crippen molar-refractivity contribution in [1.29, 1.82) is 0 Å². The lowest BCUT2D eigenvalue weighted by Crippen LogP contribution is -1.99. The summed E-state index contributed by atoms with van der Waals surface area (Å²) in [7, 11) is 0. The molecule has 0 fully saturated rings. The van der Waals surface area contributed by atoms with E-state index >= 15 is 0 Å². The molecular weight excluding hydrogens is 179 g/mol. The van der Waals surface area contributed by atoms with Crippen LogP contribution in [0.15, 0.2) is 12.1 Å². The van der Waals surface area contributed by atoms with Crippen molar-refractivity contribution in [2.75, 3.05) is 0 Å². The van der Waals surface area contributed by atoms with E-state index in [0.29, 0.717) is 13.1 Å². The van der Waals surface area contributed by atoms with Gasteiger partial charge >= 0.3 is 0 Å². The van der Waals surface area contributed by atoms with E-state index in [1.54, 1.807) is 0 Å². The molecule has 2 rings (SSSR count). The Morgan fingerprint density at radius 3 is 2.38 bits per heavy atom. The molecule has 0 radical (unpaired) electrons. The first-order valence-corrected chi connectivity index (χ1v) is 3.98. The third kappa shape index (κ3) is 1.42. The maximum Gasteiger partial charge on any atom is 0.266 e. The van der Waals surface area contributed by atoms with E-state index in [-0.39, 0.29) is 0 Å². The Bertz CT molecular complexity index is 336. The van der Waals surface area contributed by atoms with Crippen molar-refractivity contribution >= 4 is 0 Å².